The monoisotopic (exact) mass is 313 g/mol. The topological polar surface area (TPSA) is 84.1 Å². The fourth-order valence-electron chi connectivity index (χ4n) is 3.11. The fraction of sp³-hybridized carbons (Fsp3) is 0.500. The molecule has 1 N–H and O–H groups in total. The average molecular weight is 313 g/mol. The predicted molar refractivity (Wildman–Crippen MR) is 82.6 cm³/mol. The van der Waals surface area contributed by atoms with Gasteiger partial charge in [0.25, 0.3) is 5.91 Å². The highest BCUT2D eigenvalue weighted by atomic mass is 16.3. The highest BCUT2D eigenvalue weighted by Gasteiger charge is 2.38. The van der Waals surface area contributed by atoms with E-state index in [9.17, 15) is 4.79 Å². The van der Waals surface area contributed by atoms with Crippen molar-refractivity contribution in [1.82, 2.24) is 25.2 Å². The summed E-state index contributed by atoms with van der Waals surface area (Å²) in [5.74, 6) is 0.546. The second kappa shape index (κ2) is 6.08. The van der Waals surface area contributed by atoms with Crippen LogP contribution >= 0.6 is 0 Å². The summed E-state index contributed by atoms with van der Waals surface area (Å²) >= 11 is 0. The number of nitrogens with one attached hydrogen (secondary N) is 1. The van der Waals surface area contributed by atoms with E-state index in [1.807, 2.05) is 4.90 Å². The molecule has 0 radical (unpaired) electrons. The first-order chi connectivity index (χ1) is 11.3. The predicted octanol–water partition coefficient (Wildman–Crippen LogP) is 1.49. The molecule has 23 heavy (non-hydrogen) atoms. The molecule has 2 aromatic heterocycles. The van der Waals surface area contributed by atoms with E-state index in [2.05, 4.69) is 20.3 Å². The highest BCUT2D eigenvalue weighted by molar-refractivity contribution is 5.92. The minimum atomic E-state index is -0.00369. The van der Waals surface area contributed by atoms with Crippen LogP contribution in [0.5, 0.6) is 0 Å². The summed E-state index contributed by atoms with van der Waals surface area (Å²) in [6.45, 7) is 1.94. The van der Waals surface area contributed by atoms with Crippen LogP contribution in [0.4, 0.5) is 0 Å². The van der Waals surface area contributed by atoms with Crippen molar-refractivity contribution in [3.63, 3.8) is 0 Å². The Balaban J connectivity index is 1.54. The van der Waals surface area contributed by atoms with Crippen molar-refractivity contribution in [3.05, 3.63) is 30.7 Å². The molecule has 120 valence electrons. The number of amides is 1. The zero-order valence-electron chi connectivity index (χ0n) is 12.8. The van der Waals surface area contributed by atoms with Crippen LogP contribution in [0.25, 0.3) is 11.5 Å². The molecular formula is C16H19N5O2. The Morgan fingerprint density at radius 3 is 2.48 bits per heavy atom. The molecule has 1 aliphatic carbocycles. The van der Waals surface area contributed by atoms with Crippen LogP contribution in [0.2, 0.25) is 0 Å². The maximum atomic E-state index is 12.9. The van der Waals surface area contributed by atoms with Gasteiger partial charge in [-0.15, -0.1) is 0 Å². The molecule has 0 atom stereocenters. The van der Waals surface area contributed by atoms with E-state index >= 15 is 0 Å². The molecule has 2 aliphatic rings. The van der Waals surface area contributed by atoms with Gasteiger partial charge in [0.1, 0.15) is 11.4 Å². The molecule has 2 fully saturated rings. The van der Waals surface area contributed by atoms with Gasteiger partial charge in [0.15, 0.2) is 12.2 Å². The van der Waals surface area contributed by atoms with E-state index in [-0.39, 0.29) is 5.91 Å². The van der Waals surface area contributed by atoms with Gasteiger partial charge in [-0.2, -0.15) is 0 Å². The lowest BCUT2D eigenvalue weighted by Crippen LogP contribution is -2.47. The molecule has 1 amide bonds. The largest absolute Gasteiger partial charge is 0.442 e. The third kappa shape index (κ3) is 2.96. The average Bonchev–Trinajstić information content (AvgIpc) is 3.28. The smallest absolute Gasteiger partial charge is 0.274 e. The summed E-state index contributed by atoms with van der Waals surface area (Å²) in [6, 6.07) is 0.688. The molecule has 0 aromatic carbocycles. The third-order valence-electron chi connectivity index (χ3n) is 4.43. The van der Waals surface area contributed by atoms with Crippen LogP contribution < -0.4 is 5.32 Å². The molecule has 3 heterocycles. The van der Waals surface area contributed by atoms with Crippen LogP contribution in [-0.4, -0.2) is 50.9 Å². The second-order valence-corrected chi connectivity index (χ2v) is 6.08. The lowest BCUT2D eigenvalue weighted by molar-refractivity contribution is 0.0616. The van der Waals surface area contributed by atoms with E-state index < -0.39 is 0 Å². The lowest BCUT2D eigenvalue weighted by atomic mass is 10.0. The summed E-state index contributed by atoms with van der Waals surface area (Å²) in [5, 5.41) is 3.35. The third-order valence-corrected chi connectivity index (χ3v) is 4.43. The van der Waals surface area contributed by atoms with Crippen molar-refractivity contribution < 1.29 is 9.21 Å². The lowest BCUT2D eigenvalue weighted by Gasteiger charge is -2.34. The SMILES string of the molecule is O=C(c1cnc(-c2cnco2)cn1)N(C1CCNCC1)C1CC1. The van der Waals surface area contributed by atoms with E-state index in [4.69, 9.17) is 4.42 Å². The van der Waals surface area contributed by atoms with Crippen molar-refractivity contribution in [2.24, 2.45) is 0 Å². The van der Waals surface area contributed by atoms with E-state index in [1.54, 1.807) is 12.4 Å². The van der Waals surface area contributed by atoms with Gasteiger partial charge >= 0.3 is 0 Å². The van der Waals surface area contributed by atoms with Crippen molar-refractivity contribution in [2.75, 3.05) is 13.1 Å². The summed E-state index contributed by atoms with van der Waals surface area (Å²) in [5.41, 5.74) is 0.984. The van der Waals surface area contributed by atoms with Gasteiger partial charge in [-0.25, -0.2) is 15.0 Å². The number of piperidine rings is 1. The van der Waals surface area contributed by atoms with Gasteiger partial charge in [-0.1, -0.05) is 0 Å². The Labute approximate surface area is 134 Å². The molecule has 2 aromatic rings. The molecule has 0 unspecified atom stereocenters. The van der Waals surface area contributed by atoms with Gasteiger partial charge in [0.05, 0.1) is 18.6 Å². The summed E-state index contributed by atoms with van der Waals surface area (Å²) in [6.07, 6.45) is 10.2. The Morgan fingerprint density at radius 2 is 1.87 bits per heavy atom. The Kier molecular flexibility index (Phi) is 3.78. The fourth-order valence-corrected chi connectivity index (χ4v) is 3.11. The van der Waals surface area contributed by atoms with E-state index in [0.717, 1.165) is 38.8 Å². The first-order valence-corrected chi connectivity index (χ1v) is 8.07. The normalized spacial score (nSPS) is 18.8. The van der Waals surface area contributed by atoms with Crippen LogP contribution in [0.1, 0.15) is 36.2 Å². The Morgan fingerprint density at radius 1 is 1.09 bits per heavy atom. The van der Waals surface area contributed by atoms with Gasteiger partial charge in [-0.05, 0) is 38.8 Å². The molecule has 1 saturated carbocycles. The number of rotatable bonds is 4. The first-order valence-electron chi connectivity index (χ1n) is 8.07. The second-order valence-electron chi connectivity index (χ2n) is 6.08. The van der Waals surface area contributed by atoms with Crippen molar-refractivity contribution >= 4 is 5.91 Å². The standard InChI is InChI=1S/C16H19N5O2/c22-16(21(11-1-2-11)12-3-5-17-6-4-12)14-8-19-13(7-20-14)15-9-18-10-23-15/h7-12,17H,1-6H2. The van der Waals surface area contributed by atoms with Crippen molar-refractivity contribution in [1.29, 1.82) is 0 Å². The molecule has 7 nitrogen and oxygen atoms in total. The number of hydrogen-bond acceptors (Lipinski definition) is 6. The van der Waals surface area contributed by atoms with E-state index in [0.29, 0.717) is 29.2 Å². The first kappa shape index (κ1) is 14.3. The van der Waals surface area contributed by atoms with E-state index in [1.165, 1.54) is 12.6 Å². The van der Waals surface area contributed by atoms with Crippen LogP contribution in [0, 0.1) is 0 Å². The molecule has 1 aliphatic heterocycles. The number of hydrogen-bond donors (Lipinski definition) is 1. The molecule has 1 saturated heterocycles. The van der Waals surface area contributed by atoms with Crippen LogP contribution in [0.3, 0.4) is 0 Å². The molecule has 0 bridgehead atoms. The van der Waals surface area contributed by atoms with Gasteiger partial charge in [0, 0.05) is 12.1 Å². The van der Waals surface area contributed by atoms with Crippen LogP contribution in [0.15, 0.2) is 29.4 Å². The Hall–Kier alpha value is -2.28. The number of carbonyl (C=O) groups is 1. The zero-order chi connectivity index (χ0) is 15.6. The zero-order valence-corrected chi connectivity index (χ0v) is 12.8. The quantitative estimate of drug-likeness (QED) is 0.920. The highest BCUT2D eigenvalue weighted by Crippen LogP contribution is 2.32. The maximum Gasteiger partial charge on any atom is 0.274 e. The maximum absolute atomic E-state index is 12.9. The summed E-state index contributed by atoms with van der Waals surface area (Å²) < 4.78 is 5.19. The number of oxazole rings is 1. The molecule has 4 rings (SSSR count). The number of carbonyl (C=O) groups excluding carboxylic acids is 1. The number of nitrogens with zero attached hydrogens (tertiary/aromatic N) is 4. The summed E-state index contributed by atoms with van der Waals surface area (Å²) in [4.78, 5) is 27.4. The molecular weight excluding hydrogens is 294 g/mol. The van der Waals surface area contributed by atoms with Gasteiger partial charge in [0.2, 0.25) is 0 Å². The van der Waals surface area contributed by atoms with Gasteiger partial charge in [-0.3, -0.25) is 4.79 Å². The minimum Gasteiger partial charge on any atom is -0.442 e. The molecule has 0 spiro atoms. The summed E-state index contributed by atoms with van der Waals surface area (Å²) in [7, 11) is 0. The molecule has 7 heteroatoms. The minimum absolute atomic E-state index is 0.00369. The van der Waals surface area contributed by atoms with Crippen molar-refractivity contribution in [2.45, 2.75) is 37.8 Å². The number of aromatic nitrogens is 3. The Bertz CT molecular complexity index is 660. The van der Waals surface area contributed by atoms with Crippen molar-refractivity contribution in [3.8, 4) is 11.5 Å². The van der Waals surface area contributed by atoms with Gasteiger partial charge < -0.3 is 14.6 Å². The van der Waals surface area contributed by atoms with Crippen LogP contribution in [-0.2, 0) is 0 Å².